The summed E-state index contributed by atoms with van der Waals surface area (Å²) in [4.78, 5) is 59.9. The minimum absolute atomic E-state index is 0.0903. The van der Waals surface area contributed by atoms with Gasteiger partial charge in [0.15, 0.2) is 17.7 Å². The van der Waals surface area contributed by atoms with E-state index in [-0.39, 0.29) is 56.0 Å². The number of ketones is 2. The Balaban J connectivity index is 0.00000265. The number of aliphatic hydroxyl groups excluding tert-OH is 1. The van der Waals surface area contributed by atoms with E-state index in [2.05, 4.69) is 32.4 Å². The molecule has 2 aromatic heterocycles. The smallest absolute Gasteiger partial charge is 0.411 e. The van der Waals surface area contributed by atoms with Crippen LogP contribution in [-0.2, 0) is 44.6 Å². The van der Waals surface area contributed by atoms with Crippen molar-refractivity contribution in [1.29, 1.82) is 0 Å². The molecule has 1 N–H and O–H groups in total. The SMILES string of the molecule is CC[C@H]1OC(=O)[C@H](C)C(=O)[C@H](C)[C@@H](O[C@@H]2OC(C)CC(N(C)C)C2O)[C@](C)(OC)C[C@@H](C)C(=O)[C@H](C)[C@H]2N(CC#CCn3cc(-c4cccnn4)nn3)C(=O)O[C@]12C.CSF. The van der Waals surface area contributed by atoms with Crippen LogP contribution in [0.3, 0.4) is 0 Å². The van der Waals surface area contributed by atoms with Gasteiger partial charge in [-0.1, -0.05) is 44.7 Å². The summed E-state index contributed by atoms with van der Waals surface area (Å²) in [7, 11) is 5.19. The molecule has 3 aliphatic rings. The number of cyclic esters (lactones) is 1. The Hall–Kier alpha value is -4.06. The number of esters is 1. The van der Waals surface area contributed by atoms with Crippen molar-refractivity contribution in [3.63, 3.8) is 0 Å². The lowest BCUT2D eigenvalue weighted by molar-refractivity contribution is -0.295. The molecular weight excluding hydrogens is 814 g/mol. The summed E-state index contributed by atoms with van der Waals surface area (Å²) >= 11 is 0.250. The zero-order valence-electron chi connectivity index (χ0n) is 37.2. The van der Waals surface area contributed by atoms with Gasteiger partial charge in [-0.15, -0.1) is 10.2 Å². The van der Waals surface area contributed by atoms with Crippen molar-refractivity contribution in [2.45, 2.75) is 135 Å². The van der Waals surface area contributed by atoms with Gasteiger partial charge in [-0.05, 0) is 73.2 Å². The summed E-state index contributed by atoms with van der Waals surface area (Å²) < 4.78 is 42.7. The highest BCUT2D eigenvalue weighted by molar-refractivity contribution is 7.93. The summed E-state index contributed by atoms with van der Waals surface area (Å²) in [6.45, 7) is 13.7. The number of carbonyl (C=O) groups is 4. The molecule has 1 amide bonds. The van der Waals surface area contributed by atoms with Crippen LogP contribution >= 0.6 is 12.1 Å². The number of fused-ring (bicyclic) bond motifs is 1. The number of amides is 1. The average molecular weight is 876 g/mol. The molecule has 3 aliphatic heterocycles. The van der Waals surface area contributed by atoms with Gasteiger partial charge in [0.05, 0.1) is 36.6 Å². The van der Waals surface area contributed by atoms with Crippen molar-refractivity contribution in [3.8, 4) is 23.2 Å². The molecule has 19 heteroatoms. The van der Waals surface area contributed by atoms with E-state index in [0.29, 0.717) is 17.8 Å². The maximum absolute atomic E-state index is 14.7. The molecule has 5 heterocycles. The topological polar surface area (TPSA) is 198 Å². The Morgan fingerprint density at radius 1 is 1.03 bits per heavy atom. The fourth-order valence-electron chi connectivity index (χ4n) is 8.85. The molecule has 0 spiro atoms. The van der Waals surface area contributed by atoms with Crippen LogP contribution in [0.25, 0.3) is 11.4 Å². The summed E-state index contributed by atoms with van der Waals surface area (Å²) in [5.41, 5.74) is -1.71. The number of aliphatic hydroxyl groups is 1. The maximum atomic E-state index is 14.7. The van der Waals surface area contributed by atoms with Gasteiger partial charge in [0.1, 0.15) is 41.8 Å². The molecule has 2 aromatic rings. The molecule has 61 heavy (non-hydrogen) atoms. The molecular formula is C42H62FN7O10S. The molecule has 3 saturated heterocycles. The molecule has 0 saturated carbocycles. The van der Waals surface area contributed by atoms with Crippen LogP contribution in [0.15, 0.2) is 24.5 Å². The zero-order valence-corrected chi connectivity index (χ0v) is 38.1. The summed E-state index contributed by atoms with van der Waals surface area (Å²) in [6.07, 6.45) is 0.190. The van der Waals surface area contributed by atoms with Crippen molar-refractivity contribution < 1.29 is 51.9 Å². The van der Waals surface area contributed by atoms with Gasteiger partial charge in [-0.25, -0.2) is 9.48 Å². The highest BCUT2D eigenvalue weighted by atomic mass is 32.2. The molecule has 13 atom stereocenters. The lowest BCUT2D eigenvalue weighted by atomic mass is 9.73. The Bertz CT molecular complexity index is 1880. The summed E-state index contributed by atoms with van der Waals surface area (Å²) in [5.74, 6) is 0.765. The molecule has 3 unspecified atom stereocenters. The first-order valence-electron chi connectivity index (χ1n) is 20.5. The van der Waals surface area contributed by atoms with Crippen molar-refractivity contribution >= 4 is 35.8 Å². The third-order valence-electron chi connectivity index (χ3n) is 12.2. The van der Waals surface area contributed by atoms with Crippen molar-refractivity contribution in [3.05, 3.63) is 24.5 Å². The molecule has 5 rings (SSSR count). The first-order chi connectivity index (χ1) is 28.8. The van der Waals surface area contributed by atoms with Crippen LogP contribution in [0.1, 0.15) is 74.7 Å². The third kappa shape index (κ3) is 11.1. The number of ether oxygens (including phenoxy) is 5. The van der Waals surface area contributed by atoms with Gasteiger partial charge in [0.2, 0.25) is 0 Å². The van der Waals surface area contributed by atoms with Crippen molar-refractivity contribution in [2.24, 2.45) is 23.7 Å². The minimum atomic E-state index is -1.49. The van der Waals surface area contributed by atoms with Crippen LogP contribution in [0.4, 0.5) is 8.68 Å². The van der Waals surface area contributed by atoms with Gasteiger partial charge in [0, 0.05) is 55.5 Å². The summed E-state index contributed by atoms with van der Waals surface area (Å²) in [6, 6.07) is 2.30. The molecule has 0 aromatic carbocycles. The Morgan fingerprint density at radius 2 is 1.70 bits per heavy atom. The largest absolute Gasteiger partial charge is 0.458 e. The number of rotatable bonds is 8. The number of hydrogen-bond acceptors (Lipinski definition) is 16. The highest BCUT2D eigenvalue weighted by Crippen LogP contribution is 2.43. The number of hydrogen-bond donors (Lipinski definition) is 1. The van der Waals surface area contributed by atoms with Crippen LogP contribution in [0.2, 0.25) is 0 Å². The van der Waals surface area contributed by atoms with E-state index in [1.54, 1.807) is 66.1 Å². The second-order valence-electron chi connectivity index (χ2n) is 16.7. The minimum Gasteiger partial charge on any atom is -0.458 e. The lowest BCUT2D eigenvalue weighted by Gasteiger charge is -2.47. The Kier molecular flexibility index (Phi) is 17.4. The average Bonchev–Trinajstić information content (AvgIpc) is 3.81. The number of nitrogens with zero attached hydrogens (tertiary/aromatic N) is 7. The first kappa shape index (κ1) is 49.6. The first-order valence-corrected chi connectivity index (χ1v) is 21.7. The highest BCUT2D eigenvalue weighted by Gasteiger charge is 2.60. The Morgan fingerprint density at radius 3 is 2.31 bits per heavy atom. The predicted octanol–water partition coefficient (Wildman–Crippen LogP) is 4.18. The number of aromatic nitrogens is 5. The van der Waals surface area contributed by atoms with E-state index >= 15 is 0 Å². The monoisotopic (exact) mass is 875 g/mol. The van der Waals surface area contributed by atoms with Crippen LogP contribution in [-0.4, -0.2) is 152 Å². The third-order valence-corrected chi connectivity index (χ3v) is 12.2. The van der Waals surface area contributed by atoms with Gasteiger partial charge < -0.3 is 33.7 Å². The second-order valence-corrected chi connectivity index (χ2v) is 17.0. The quantitative estimate of drug-likeness (QED) is 0.225. The molecule has 338 valence electrons. The van der Waals surface area contributed by atoms with Gasteiger partial charge in [0.25, 0.3) is 0 Å². The van der Waals surface area contributed by atoms with Crippen LogP contribution in [0.5, 0.6) is 0 Å². The molecule has 0 radical (unpaired) electrons. The number of methoxy groups -OCH3 is 1. The van der Waals surface area contributed by atoms with Gasteiger partial charge in [-0.2, -0.15) is 8.98 Å². The van der Waals surface area contributed by atoms with E-state index in [1.165, 1.54) is 29.9 Å². The maximum Gasteiger partial charge on any atom is 0.411 e. The lowest BCUT2D eigenvalue weighted by Crippen LogP contribution is -2.60. The number of Topliss-reactive ketones (excluding diaryl/α,β-unsaturated/α-hetero) is 2. The standard InChI is InChI=1S/C41H59N7O10.CH3FS/c1-12-31-41(8)35(48(39(53)58-41)19-14-13-18-47-22-29(44-45-47)28-16-15-17-42-43-28)25(4)32(49)23(2)21-40(7,54-11)36(26(5)33(50)27(6)37(52)56-31)57-38-34(51)30(46(9)10)20-24(3)55-38;1-3-2/h15-17,22-27,30-31,34-36,38,51H,12,18-21H2,1-11H3;1H3/t23-,24?,25+,26+,27-,30?,31-,34?,35-,36-,38+,40-,41-;/m1./s1. The number of likely N-dealkylation sites (N-methyl/N-ethyl adjacent to an activating group) is 1. The van der Waals surface area contributed by atoms with E-state index in [4.69, 9.17) is 23.7 Å². The number of halogens is 1. The normalized spacial score (nSPS) is 34.9. The van der Waals surface area contributed by atoms with E-state index in [0.717, 1.165) is 0 Å². The predicted molar refractivity (Wildman–Crippen MR) is 223 cm³/mol. The number of carbonyl (C=O) groups excluding carboxylic acids is 4. The fraction of sp³-hybridized carbons (Fsp3) is 0.714. The molecule has 0 bridgehead atoms. The molecule has 3 fully saturated rings. The summed E-state index contributed by atoms with van der Waals surface area (Å²) in [5, 5.41) is 27.6. The van der Waals surface area contributed by atoms with E-state index in [1.807, 2.05) is 25.9 Å². The van der Waals surface area contributed by atoms with E-state index < -0.39 is 83.4 Å². The van der Waals surface area contributed by atoms with Crippen LogP contribution in [0, 0.1) is 35.5 Å². The Labute approximate surface area is 362 Å². The molecule has 17 nitrogen and oxygen atoms in total. The van der Waals surface area contributed by atoms with Gasteiger partial charge in [-0.3, -0.25) is 19.3 Å². The van der Waals surface area contributed by atoms with E-state index in [9.17, 15) is 28.2 Å². The van der Waals surface area contributed by atoms with Crippen molar-refractivity contribution in [2.75, 3.05) is 34.0 Å². The second kappa shape index (κ2) is 21.3. The van der Waals surface area contributed by atoms with Gasteiger partial charge >= 0.3 is 12.1 Å². The van der Waals surface area contributed by atoms with Crippen molar-refractivity contribution in [1.82, 2.24) is 35.0 Å². The van der Waals surface area contributed by atoms with Crippen LogP contribution < -0.4 is 0 Å². The fourth-order valence-corrected chi connectivity index (χ4v) is 8.85. The zero-order chi connectivity index (χ0) is 45.4. The molecule has 0 aliphatic carbocycles.